The van der Waals surface area contributed by atoms with Crippen molar-refractivity contribution < 1.29 is 4.79 Å². The quantitative estimate of drug-likeness (QED) is 0.804. The standard InChI is InChI=1S/C21H19N3OS/c1-15-7-9-16(10-8-15)18-11-20(25)24-13-23(17-5-3-2-4-6-17)14-26-21(24)19(18)12-22/h2-10,18H,11,13-14H2,1H3/t18-/m1/s1. The van der Waals surface area contributed by atoms with Crippen molar-refractivity contribution in [2.75, 3.05) is 17.4 Å². The molecule has 2 aromatic rings. The average molecular weight is 361 g/mol. The molecule has 0 spiro atoms. The second-order valence-corrected chi connectivity index (χ2v) is 7.54. The number of hydrogen-bond donors (Lipinski definition) is 0. The van der Waals surface area contributed by atoms with E-state index < -0.39 is 0 Å². The van der Waals surface area contributed by atoms with Crippen molar-refractivity contribution in [1.82, 2.24) is 4.90 Å². The van der Waals surface area contributed by atoms with Crippen LogP contribution in [0, 0.1) is 18.3 Å². The Bertz CT molecular complexity index is 899. The Kier molecular flexibility index (Phi) is 4.44. The van der Waals surface area contributed by atoms with Crippen molar-refractivity contribution in [3.05, 3.63) is 76.3 Å². The van der Waals surface area contributed by atoms with Crippen LogP contribution in [0.5, 0.6) is 0 Å². The number of nitriles is 1. The molecule has 4 nitrogen and oxygen atoms in total. The highest BCUT2D eigenvalue weighted by atomic mass is 32.2. The van der Waals surface area contributed by atoms with E-state index >= 15 is 0 Å². The molecule has 2 heterocycles. The van der Waals surface area contributed by atoms with Crippen molar-refractivity contribution in [3.63, 3.8) is 0 Å². The van der Waals surface area contributed by atoms with Gasteiger partial charge in [-0.2, -0.15) is 5.26 Å². The molecule has 1 atom stereocenters. The molecule has 4 rings (SSSR count). The number of nitrogens with zero attached hydrogens (tertiary/aromatic N) is 3. The molecule has 2 aromatic carbocycles. The number of carbonyl (C=O) groups is 1. The summed E-state index contributed by atoms with van der Waals surface area (Å²) < 4.78 is 0. The molecule has 1 saturated heterocycles. The van der Waals surface area contributed by atoms with Crippen LogP contribution >= 0.6 is 11.8 Å². The van der Waals surface area contributed by atoms with Gasteiger partial charge in [-0.3, -0.25) is 9.69 Å². The second-order valence-electron chi connectivity index (χ2n) is 6.61. The minimum atomic E-state index is -0.143. The van der Waals surface area contributed by atoms with Crippen LogP contribution in [-0.2, 0) is 4.79 Å². The topological polar surface area (TPSA) is 47.3 Å². The zero-order valence-corrected chi connectivity index (χ0v) is 15.4. The summed E-state index contributed by atoms with van der Waals surface area (Å²) in [5.74, 6) is 0.669. The number of hydrogen-bond acceptors (Lipinski definition) is 4. The molecule has 1 fully saturated rings. The van der Waals surface area contributed by atoms with Gasteiger partial charge in [0.15, 0.2) is 0 Å². The summed E-state index contributed by atoms with van der Waals surface area (Å²) in [4.78, 5) is 16.8. The molecule has 26 heavy (non-hydrogen) atoms. The third-order valence-corrected chi connectivity index (χ3v) is 6.05. The van der Waals surface area contributed by atoms with E-state index in [-0.39, 0.29) is 11.8 Å². The largest absolute Gasteiger partial charge is 0.344 e. The molecule has 0 aromatic heterocycles. The van der Waals surface area contributed by atoms with Crippen molar-refractivity contribution in [3.8, 4) is 6.07 Å². The van der Waals surface area contributed by atoms with Gasteiger partial charge in [-0.25, -0.2) is 0 Å². The van der Waals surface area contributed by atoms with E-state index in [2.05, 4.69) is 11.0 Å². The molecule has 0 radical (unpaired) electrons. The number of allylic oxidation sites excluding steroid dienone is 1. The number of anilines is 1. The van der Waals surface area contributed by atoms with Crippen LogP contribution in [0.3, 0.4) is 0 Å². The van der Waals surface area contributed by atoms with Crippen LogP contribution in [0.4, 0.5) is 5.69 Å². The first-order valence-corrected chi connectivity index (χ1v) is 9.60. The molecule has 130 valence electrons. The zero-order chi connectivity index (χ0) is 18.1. The van der Waals surface area contributed by atoms with E-state index in [1.807, 2.05) is 61.5 Å². The molecule has 0 saturated carbocycles. The SMILES string of the molecule is Cc1ccc([C@H]2CC(=O)N3CN(c4ccccc4)CSC3=C2C#N)cc1. The minimum absolute atomic E-state index is 0.0812. The molecule has 0 unspecified atom stereocenters. The zero-order valence-electron chi connectivity index (χ0n) is 14.6. The molecule has 0 aliphatic carbocycles. The number of para-hydroxylation sites is 1. The van der Waals surface area contributed by atoms with Crippen LogP contribution < -0.4 is 4.90 Å². The lowest BCUT2D eigenvalue weighted by Gasteiger charge is -2.42. The van der Waals surface area contributed by atoms with E-state index in [1.165, 1.54) is 5.56 Å². The van der Waals surface area contributed by atoms with Gasteiger partial charge in [0.2, 0.25) is 5.91 Å². The molecule has 0 bridgehead atoms. The summed E-state index contributed by atoms with van der Waals surface area (Å²) in [6.07, 6.45) is 0.346. The number of thioether (sulfide) groups is 1. The van der Waals surface area contributed by atoms with Crippen LogP contribution in [0.2, 0.25) is 0 Å². The summed E-state index contributed by atoms with van der Waals surface area (Å²) in [6, 6.07) is 20.6. The Balaban J connectivity index is 1.67. The summed E-state index contributed by atoms with van der Waals surface area (Å²) in [5, 5.41) is 10.6. The number of fused-ring (bicyclic) bond motifs is 1. The van der Waals surface area contributed by atoms with Crippen LogP contribution in [0.25, 0.3) is 0 Å². The maximum Gasteiger partial charge on any atom is 0.229 e. The number of benzene rings is 2. The van der Waals surface area contributed by atoms with E-state index in [0.29, 0.717) is 18.7 Å². The average Bonchev–Trinajstić information content (AvgIpc) is 2.69. The predicted octanol–water partition coefficient (Wildman–Crippen LogP) is 4.21. The first-order chi connectivity index (χ1) is 12.7. The van der Waals surface area contributed by atoms with Gasteiger partial charge in [-0.15, -0.1) is 0 Å². The normalized spacial score (nSPS) is 20.0. The summed E-state index contributed by atoms with van der Waals surface area (Å²) in [5.41, 5.74) is 4.02. The van der Waals surface area contributed by atoms with Gasteiger partial charge in [-0.05, 0) is 24.6 Å². The number of aryl methyl sites for hydroxylation is 1. The molecular formula is C21H19N3OS. The first-order valence-electron chi connectivity index (χ1n) is 8.61. The summed E-state index contributed by atoms with van der Waals surface area (Å²) >= 11 is 1.58. The summed E-state index contributed by atoms with van der Waals surface area (Å²) in [6.45, 7) is 2.54. The maximum atomic E-state index is 12.9. The van der Waals surface area contributed by atoms with Gasteiger partial charge < -0.3 is 4.90 Å². The highest BCUT2D eigenvalue weighted by molar-refractivity contribution is 8.03. The van der Waals surface area contributed by atoms with Crippen molar-refractivity contribution in [2.45, 2.75) is 19.3 Å². The van der Waals surface area contributed by atoms with E-state index in [4.69, 9.17) is 0 Å². The third-order valence-electron chi connectivity index (χ3n) is 4.89. The Morgan fingerprint density at radius 3 is 2.54 bits per heavy atom. The van der Waals surface area contributed by atoms with Gasteiger partial charge >= 0.3 is 0 Å². The fourth-order valence-corrected chi connectivity index (χ4v) is 4.62. The number of amides is 1. The minimum Gasteiger partial charge on any atom is -0.344 e. The van der Waals surface area contributed by atoms with Gasteiger partial charge in [0.1, 0.15) is 0 Å². The maximum absolute atomic E-state index is 12.9. The third kappa shape index (κ3) is 2.97. The smallest absolute Gasteiger partial charge is 0.229 e. The van der Waals surface area contributed by atoms with Gasteiger partial charge in [0.05, 0.1) is 29.2 Å². The van der Waals surface area contributed by atoms with Crippen molar-refractivity contribution >= 4 is 23.4 Å². The van der Waals surface area contributed by atoms with Gasteiger partial charge in [-0.1, -0.05) is 59.8 Å². The molecule has 0 N–H and O–H groups in total. The Morgan fingerprint density at radius 1 is 1.12 bits per heavy atom. The number of carbonyl (C=O) groups excluding carboxylic acids is 1. The molecule has 5 heteroatoms. The van der Waals surface area contributed by atoms with Crippen LogP contribution in [0.15, 0.2) is 65.2 Å². The fraction of sp³-hybridized carbons (Fsp3) is 0.238. The Labute approximate surface area is 157 Å². The van der Waals surface area contributed by atoms with Crippen LogP contribution in [0.1, 0.15) is 23.5 Å². The molecule has 2 aliphatic rings. The highest BCUT2D eigenvalue weighted by Gasteiger charge is 2.38. The lowest BCUT2D eigenvalue weighted by atomic mass is 9.86. The van der Waals surface area contributed by atoms with E-state index in [1.54, 1.807) is 16.7 Å². The molecular weight excluding hydrogens is 342 g/mol. The van der Waals surface area contributed by atoms with E-state index in [9.17, 15) is 10.1 Å². The van der Waals surface area contributed by atoms with Crippen molar-refractivity contribution in [2.24, 2.45) is 0 Å². The van der Waals surface area contributed by atoms with E-state index in [0.717, 1.165) is 22.2 Å². The van der Waals surface area contributed by atoms with Crippen molar-refractivity contribution in [1.29, 1.82) is 5.26 Å². The Morgan fingerprint density at radius 2 is 1.85 bits per heavy atom. The second kappa shape index (κ2) is 6.89. The first kappa shape index (κ1) is 16.7. The van der Waals surface area contributed by atoms with Gasteiger partial charge in [0.25, 0.3) is 0 Å². The predicted molar refractivity (Wildman–Crippen MR) is 104 cm³/mol. The lowest BCUT2D eigenvalue weighted by molar-refractivity contribution is -0.129. The number of rotatable bonds is 2. The Hall–Kier alpha value is -2.71. The van der Waals surface area contributed by atoms with Crippen LogP contribution in [-0.4, -0.2) is 23.4 Å². The lowest BCUT2D eigenvalue weighted by Crippen LogP contribution is -2.47. The molecule has 2 aliphatic heterocycles. The van der Waals surface area contributed by atoms with Gasteiger partial charge in [0, 0.05) is 18.0 Å². The monoisotopic (exact) mass is 361 g/mol. The fourth-order valence-electron chi connectivity index (χ4n) is 3.45. The molecule has 1 amide bonds. The summed E-state index contributed by atoms with van der Waals surface area (Å²) in [7, 11) is 0. The highest BCUT2D eigenvalue weighted by Crippen LogP contribution is 2.43.